The quantitative estimate of drug-likeness (QED) is 0.392. The van der Waals surface area contributed by atoms with Crippen molar-refractivity contribution in [3.63, 3.8) is 0 Å². The first kappa shape index (κ1) is 19.9. The summed E-state index contributed by atoms with van der Waals surface area (Å²) in [6.45, 7) is -1.69. The predicted molar refractivity (Wildman–Crippen MR) is 87.8 cm³/mol. The molecule has 0 radical (unpaired) electrons. The number of fused-ring (bicyclic) bond motifs is 1. The zero-order valence-electron chi connectivity index (χ0n) is 15.0. The van der Waals surface area contributed by atoms with E-state index in [2.05, 4.69) is 16.0 Å². The van der Waals surface area contributed by atoms with E-state index in [1.54, 1.807) is 0 Å². The Balaban J connectivity index is 1.71. The molecule has 0 unspecified atom stereocenters. The van der Waals surface area contributed by atoms with E-state index in [-0.39, 0.29) is 22.4 Å². The molecule has 0 atom stereocenters. The standard InChI is InChI=1S/C18H12F6N5O/c19-11-3-10(16(7-25)1-2-16)6-29(30)15(11)13-4-12-14(5-26-13)28(9-27-12)8-17(20,21)18(22,23)24/h3-6,9,30H,1-2,8H2/q+1. The van der Waals surface area contributed by atoms with Crippen LogP contribution in [0.15, 0.2) is 30.9 Å². The van der Waals surface area contributed by atoms with Crippen LogP contribution in [0.25, 0.3) is 22.4 Å². The number of hydrogen-bond acceptors (Lipinski definition) is 4. The van der Waals surface area contributed by atoms with Gasteiger partial charge >= 0.3 is 17.8 Å². The van der Waals surface area contributed by atoms with Crippen LogP contribution in [0.3, 0.4) is 0 Å². The van der Waals surface area contributed by atoms with Crippen molar-refractivity contribution in [3.8, 4) is 17.5 Å². The molecule has 1 fully saturated rings. The van der Waals surface area contributed by atoms with Gasteiger partial charge in [-0.1, -0.05) is 0 Å². The van der Waals surface area contributed by atoms with Crippen molar-refractivity contribution >= 4 is 11.0 Å². The van der Waals surface area contributed by atoms with Crippen LogP contribution in [0.2, 0.25) is 0 Å². The molecule has 0 aliphatic heterocycles. The zero-order chi connectivity index (χ0) is 21.9. The fourth-order valence-electron chi connectivity index (χ4n) is 3.15. The molecule has 0 spiro atoms. The van der Waals surface area contributed by atoms with E-state index < -0.39 is 29.9 Å². The predicted octanol–water partition coefficient (Wildman–Crippen LogP) is 3.51. The summed E-state index contributed by atoms with van der Waals surface area (Å²) in [6, 6.07) is 4.33. The molecule has 1 saturated carbocycles. The van der Waals surface area contributed by atoms with Gasteiger partial charge in [-0.2, -0.15) is 31.6 Å². The highest BCUT2D eigenvalue weighted by Crippen LogP contribution is 2.47. The number of nitriles is 1. The number of pyridine rings is 2. The summed E-state index contributed by atoms with van der Waals surface area (Å²) in [5.74, 6) is -5.86. The molecule has 1 aliphatic carbocycles. The van der Waals surface area contributed by atoms with Crippen molar-refractivity contribution < 1.29 is 36.3 Å². The molecule has 1 aliphatic rings. The first-order valence-corrected chi connectivity index (χ1v) is 8.59. The van der Waals surface area contributed by atoms with Crippen LogP contribution < -0.4 is 4.73 Å². The van der Waals surface area contributed by atoms with Crippen LogP contribution in [0.4, 0.5) is 26.3 Å². The monoisotopic (exact) mass is 428 g/mol. The lowest BCUT2D eigenvalue weighted by Gasteiger charge is -2.20. The van der Waals surface area contributed by atoms with Crippen LogP contribution in [-0.4, -0.2) is 31.8 Å². The molecule has 3 heterocycles. The van der Waals surface area contributed by atoms with Crippen molar-refractivity contribution in [1.82, 2.24) is 14.5 Å². The lowest BCUT2D eigenvalue weighted by Crippen LogP contribution is -2.40. The smallest absolute Gasteiger partial charge is 0.323 e. The second-order valence-electron chi connectivity index (χ2n) is 7.10. The summed E-state index contributed by atoms with van der Waals surface area (Å²) in [6.07, 6.45) is -1.71. The zero-order valence-corrected chi connectivity index (χ0v) is 15.0. The molecule has 3 aromatic rings. The van der Waals surface area contributed by atoms with Gasteiger partial charge in [0, 0.05) is 10.3 Å². The molecule has 0 aromatic carbocycles. The second kappa shape index (κ2) is 6.32. The molecule has 4 rings (SSSR count). The van der Waals surface area contributed by atoms with Gasteiger partial charge in [0.15, 0.2) is 0 Å². The number of aromatic nitrogens is 4. The highest BCUT2D eigenvalue weighted by atomic mass is 19.4. The average Bonchev–Trinajstić information content (AvgIpc) is 3.37. The molecule has 0 saturated heterocycles. The molecule has 1 N–H and O–H groups in total. The van der Waals surface area contributed by atoms with Gasteiger partial charge in [-0.15, -0.1) is 0 Å². The van der Waals surface area contributed by atoms with Gasteiger partial charge < -0.3 is 4.57 Å². The molecule has 3 aromatic heterocycles. The topological polar surface area (TPSA) is 78.6 Å². The minimum atomic E-state index is -5.73. The van der Waals surface area contributed by atoms with Gasteiger partial charge in [-0.25, -0.2) is 9.97 Å². The lowest BCUT2D eigenvalue weighted by molar-refractivity contribution is -0.897. The fourth-order valence-corrected chi connectivity index (χ4v) is 3.15. The van der Waals surface area contributed by atoms with E-state index in [4.69, 9.17) is 0 Å². The van der Waals surface area contributed by atoms with Gasteiger partial charge in [0.1, 0.15) is 5.69 Å². The number of alkyl halides is 5. The van der Waals surface area contributed by atoms with E-state index >= 15 is 0 Å². The highest BCUT2D eigenvalue weighted by Gasteiger charge is 2.57. The van der Waals surface area contributed by atoms with Gasteiger partial charge in [0.05, 0.1) is 41.6 Å². The summed E-state index contributed by atoms with van der Waals surface area (Å²) in [4.78, 5) is 7.66. The molecular formula is C18H12F6N5O+. The number of hydrogen-bond donors (Lipinski definition) is 1. The number of nitrogens with zero attached hydrogens (tertiary/aromatic N) is 5. The minimum absolute atomic E-state index is 0.0165. The van der Waals surface area contributed by atoms with E-state index in [0.717, 1.165) is 24.7 Å². The SMILES string of the molecule is N#CC1(c2cc(F)c(-c3cc4ncn(CC(F)(F)C(F)(F)F)c4cn3)[n+](O)c2)CC1. The summed E-state index contributed by atoms with van der Waals surface area (Å²) in [5, 5.41) is 19.4. The van der Waals surface area contributed by atoms with Crippen LogP contribution in [-0.2, 0) is 12.0 Å². The van der Waals surface area contributed by atoms with Crippen LogP contribution >= 0.6 is 0 Å². The number of halogens is 6. The van der Waals surface area contributed by atoms with Crippen molar-refractivity contribution in [3.05, 3.63) is 42.2 Å². The Bertz CT molecular complexity index is 1170. The Kier molecular flexibility index (Phi) is 4.20. The van der Waals surface area contributed by atoms with Gasteiger partial charge in [0.25, 0.3) is 0 Å². The molecular weight excluding hydrogens is 416 g/mol. The lowest BCUT2D eigenvalue weighted by atomic mass is 9.99. The Morgan fingerprint density at radius 3 is 2.47 bits per heavy atom. The summed E-state index contributed by atoms with van der Waals surface area (Å²) >= 11 is 0. The number of rotatable bonds is 4. The Morgan fingerprint density at radius 2 is 1.90 bits per heavy atom. The largest absolute Gasteiger partial charge is 0.455 e. The van der Waals surface area contributed by atoms with E-state index in [9.17, 15) is 36.8 Å². The van der Waals surface area contributed by atoms with E-state index in [1.807, 2.05) is 0 Å². The first-order chi connectivity index (χ1) is 14.0. The van der Waals surface area contributed by atoms with Gasteiger partial charge in [-0.05, 0) is 25.0 Å². The molecule has 156 valence electrons. The average molecular weight is 428 g/mol. The summed E-state index contributed by atoms with van der Waals surface area (Å²) in [5.41, 5.74) is -1.17. The van der Waals surface area contributed by atoms with Crippen LogP contribution in [0.5, 0.6) is 0 Å². The Morgan fingerprint density at radius 1 is 1.20 bits per heavy atom. The van der Waals surface area contributed by atoms with Crippen molar-refractivity contribution in [2.45, 2.75) is 36.9 Å². The third-order valence-corrected chi connectivity index (χ3v) is 5.05. The molecule has 6 nitrogen and oxygen atoms in total. The molecule has 30 heavy (non-hydrogen) atoms. The molecule has 0 bridgehead atoms. The first-order valence-electron chi connectivity index (χ1n) is 8.59. The molecule has 0 amide bonds. The van der Waals surface area contributed by atoms with Crippen LogP contribution in [0, 0.1) is 17.1 Å². The van der Waals surface area contributed by atoms with E-state index in [0.29, 0.717) is 27.7 Å². The normalized spacial score (nSPS) is 15.9. The van der Waals surface area contributed by atoms with Crippen molar-refractivity contribution in [2.75, 3.05) is 0 Å². The minimum Gasteiger partial charge on any atom is -0.323 e. The number of imidazole rings is 1. The maximum Gasteiger partial charge on any atom is 0.455 e. The Labute approximate surface area is 164 Å². The third kappa shape index (κ3) is 3.10. The van der Waals surface area contributed by atoms with Gasteiger partial charge in [-0.3, -0.25) is 5.21 Å². The van der Waals surface area contributed by atoms with Gasteiger partial charge in [0.2, 0.25) is 12.0 Å². The highest BCUT2D eigenvalue weighted by molar-refractivity contribution is 5.78. The fraction of sp³-hybridized carbons (Fsp3) is 0.333. The maximum atomic E-state index is 14.7. The van der Waals surface area contributed by atoms with Crippen LogP contribution in [0.1, 0.15) is 18.4 Å². The summed E-state index contributed by atoms with van der Waals surface area (Å²) < 4.78 is 79.8. The maximum absolute atomic E-state index is 14.7. The summed E-state index contributed by atoms with van der Waals surface area (Å²) in [7, 11) is 0. The second-order valence-corrected chi connectivity index (χ2v) is 7.10. The third-order valence-electron chi connectivity index (χ3n) is 5.05. The van der Waals surface area contributed by atoms with E-state index in [1.165, 1.54) is 6.20 Å². The van der Waals surface area contributed by atoms with Crippen molar-refractivity contribution in [2.24, 2.45) is 0 Å². The van der Waals surface area contributed by atoms with Crippen molar-refractivity contribution in [1.29, 1.82) is 5.26 Å². The molecule has 12 heteroatoms. The Hall–Kier alpha value is -3.36.